The van der Waals surface area contributed by atoms with Gasteiger partial charge in [0.05, 0.1) is 0 Å². The molecular formula is C13H22N2O4. The number of hydrogen-bond acceptors (Lipinski definition) is 4. The van der Waals surface area contributed by atoms with E-state index >= 15 is 0 Å². The number of carbonyl (C=O) groups excluding carboxylic acids is 2. The fourth-order valence-electron chi connectivity index (χ4n) is 2.48. The van der Waals surface area contributed by atoms with Gasteiger partial charge in [-0.25, -0.2) is 0 Å². The average Bonchev–Trinajstić information content (AvgIpc) is 2.99. The highest BCUT2D eigenvalue weighted by Crippen LogP contribution is 2.16. The molecule has 2 atom stereocenters. The largest absolute Gasteiger partial charge is 0.372 e. The molecule has 2 aliphatic rings. The standard InChI is InChI=1S/C13H22N2O4/c1-10(18-2)12(16)14-5-7-15(8-6-14)13(17)11-4-3-9-19-11/h10-11H,3-9H2,1-2H3. The van der Waals surface area contributed by atoms with Crippen LogP contribution < -0.4 is 0 Å². The fraction of sp³-hybridized carbons (Fsp3) is 0.846. The van der Waals surface area contributed by atoms with Gasteiger partial charge in [-0.3, -0.25) is 9.59 Å². The fourth-order valence-corrected chi connectivity index (χ4v) is 2.48. The summed E-state index contributed by atoms with van der Waals surface area (Å²) in [6.07, 6.45) is 1.10. The number of ether oxygens (including phenoxy) is 2. The number of nitrogens with zero attached hydrogens (tertiary/aromatic N) is 2. The third-order valence-electron chi connectivity index (χ3n) is 3.81. The molecule has 108 valence electrons. The van der Waals surface area contributed by atoms with Gasteiger partial charge in [0, 0.05) is 39.9 Å². The van der Waals surface area contributed by atoms with Gasteiger partial charge < -0.3 is 19.3 Å². The predicted molar refractivity (Wildman–Crippen MR) is 68.6 cm³/mol. The van der Waals surface area contributed by atoms with Crippen LogP contribution in [-0.4, -0.2) is 73.7 Å². The van der Waals surface area contributed by atoms with Crippen molar-refractivity contribution in [1.29, 1.82) is 0 Å². The molecule has 2 fully saturated rings. The zero-order valence-electron chi connectivity index (χ0n) is 11.6. The van der Waals surface area contributed by atoms with E-state index in [2.05, 4.69) is 0 Å². The molecule has 2 amide bonds. The average molecular weight is 270 g/mol. The Labute approximate surface area is 113 Å². The van der Waals surface area contributed by atoms with Gasteiger partial charge in [0.25, 0.3) is 11.8 Å². The highest BCUT2D eigenvalue weighted by molar-refractivity contribution is 5.83. The third-order valence-corrected chi connectivity index (χ3v) is 3.81. The summed E-state index contributed by atoms with van der Waals surface area (Å²) in [5.74, 6) is 0.0658. The summed E-state index contributed by atoms with van der Waals surface area (Å²) in [4.78, 5) is 27.6. The van der Waals surface area contributed by atoms with Crippen LogP contribution >= 0.6 is 0 Å². The van der Waals surface area contributed by atoms with Gasteiger partial charge >= 0.3 is 0 Å². The van der Waals surface area contributed by atoms with Crippen LogP contribution in [0.25, 0.3) is 0 Å². The maximum absolute atomic E-state index is 12.1. The molecule has 2 saturated heterocycles. The van der Waals surface area contributed by atoms with Gasteiger partial charge in [-0.05, 0) is 19.8 Å². The Morgan fingerprint density at radius 1 is 1.21 bits per heavy atom. The Hall–Kier alpha value is -1.14. The minimum atomic E-state index is -0.416. The van der Waals surface area contributed by atoms with E-state index in [4.69, 9.17) is 9.47 Å². The molecule has 0 aliphatic carbocycles. The molecule has 0 aromatic heterocycles. The second-order valence-corrected chi connectivity index (χ2v) is 5.03. The minimum absolute atomic E-state index is 0.00767. The highest BCUT2D eigenvalue weighted by Gasteiger charge is 2.32. The molecular weight excluding hydrogens is 248 g/mol. The zero-order valence-corrected chi connectivity index (χ0v) is 11.6. The molecule has 0 saturated carbocycles. The molecule has 2 unspecified atom stereocenters. The summed E-state index contributed by atoms with van der Waals surface area (Å²) < 4.78 is 10.4. The highest BCUT2D eigenvalue weighted by atomic mass is 16.5. The topological polar surface area (TPSA) is 59.1 Å². The van der Waals surface area contributed by atoms with Gasteiger partial charge in [-0.2, -0.15) is 0 Å². The molecule has 0 bridgehead atoms. The lowest BCUT2D eigenvalue weighted by Crippen LogP contribution is -2.54. The van der Waals surface area contributed by atoms with Crippen LogP contribution in [0.15, 0.2) is 0 Å². The quantitative estimate of drug-likeness (QED) is 0.717. The Kier molecular flexibility index (Phi) is 4.76. The second-order valence-electron chi connectivity index (χ2n) is 5.03. The first-order valence-electron chi connectivity index (χ1n) is 6.85. The Bertz CT molecular complexity index is 334. The van der Waals surface area contributed by atoms with Crippen molar-refractivity contribution < 1.29 is 19.1 Å². The SMILES string of the molecule is COC(C)C(=O)N1CCN(C(=O)C2CCCO2)CC1. The molecule has 0 aromatic rings. The van der Waals surface area contributed by atoms with Crippen LogP contribution in [0.1, 0.15) is 19.8 Å². The van der Waals surface area contributed by atoms with E-state index in [0.29, 0.717) is 32.8 Å². The molecule has 0 aromatic carbocycles. The smallest absolute Gasteiger partial charge is 0.251 e. The zero-order chi connectivity index (χ0) is 13.8. The van der Waals surface area contributed by atoms with Crippen molar-refractivity contribution in [3.05, 3.63) is 0 Å². The molecule has 2 rings (SSSR count). The number of hydrogen-bond donors (Lipinski definition) is 0. The number of rotatable bonds is 3. The maximum Gasteiger partial charge on any atom is 0.251 e. The maximum atomic E-state index is 12.1. The molecule has 6 nitrogen and oxygen atoms in total. The molecule has 0 N–H and O–H groups in total. The summed E-state index contributed by atoms with van der Waals surface area (Å²) in [5.41, 5.74) is 0. The molecule has 0 spiro atoms. The molecule has 6 heteroatoms. The van der Waals surface area contributed by atoms with E-state index in [1.165, 1.54) is 7.11 Å². The minimum Gasteiger partial charge on any atom is -0.372 e. The van der Waals surface area contributed by atoms with Crippen molar-refractivity contribution in [2.75, 3.05) is 39.9 Å². The summed E-state index contributed by atoms with van der Waals surface area (Å²) in [6.45, 7) is 4.74. The van der Waals surface area contributed by atoms with E-state index in [1.807, 2.05) is 0 Å². The van der Waals surface area contributed by atoms with Crippen LogP contribution in [-0.2, 0) is 19.1 Å². The Balaban J connectivity index is 1.81. The van der Waals surface area contributed by atoms with Crippen molar-refractivity contribution in [3.63, 3.8) is 0 Å². The lowest BCUT2D eigenvalue weighted by molar-refractivity contribution is -0.149. The van der Waals surface area contributed by atoms with Crippen molar-refractivity contribution in [2.45, 2.75) is 32.0 Å². The summed E-state index contributed by atoms with van der Waals surface area (Å²) in [6, 6.07) is 0. The Morgan fingerprint density at radius 3 is 2.37 bits per heavy atom. The van der Waals surface area contributed by atoms with Gasteiger partial charge in [-0.15, -0.1) is 0 Å². The predicted octanol–water partition coefficient (Wildman–Crippen LogP) is -0.129. The van der Waals surface area contributed by atoms with E-state index in [0.717, 1.165) is 12.8 Å². The van der Waals surface area contributed by atoms with E-state index < -0.39 is 6.10 Å². The van der Waals surface area contributed by atoms with Crippen LogP contribution in [0.4, 0.5) is 0 Å². The number of carbonyl (C=O) groups is 2. The second kappa shape index (κ2) is 6.34. The summed E-state index contributed by atoms with van der Waals surface area (Å²) >= 11 is 0. The van der Waals surface area contributed by atoms with Crippen LogP contribution in [0.3, 0.4) is 0 Å². The van der Waals surface area contributed by atoms with E-state index in [-0.39, 0.29) is 17.9 Å². The van der Waals surface area contributed by atoms with Crippen LogP contribution in [0.2, 0.25) is 0 Å². The first kappa shape index (κ1) is 14.3. The summed E-state index contributed by atoms with van der Waals surface area (Å²) in [7, 11) is 1.53. The lowest BCUT2D eigenvalue weighted by Gasteiger charge is -2.36. The monoisotopic (exact) mass is 270 g/mol. The first-order chi connectivity index (χ1) is 9.13. The number of amides is 2. The van der Waals surface area contributed by atoms with E-state index in [9.17, 15) is 9.59 Å². The van der Waals surface area contributed by atoms with Crippen molar-refractivity contribution in [1.82, 2.24) is 9.80 Å². The van der Waals surface area contributed by atoms with Crippen molar-refractivity contribution in [2.24, 2.45) is 0 Å². The van der Waals surface area contributed by atoms with Gasteiger partial charge in [-0.1, -0.05) is 0 Å². The van der Waals surface area contributed by atoms with Crippen molar-refractivity contribution in [3.8, 4) is 0 Å². The summed E-state index contributed by atoms with van der Waals surface area (Å²) in [5, 5.41) is 0. The number of piperazine rings is 1. The number of methoxy groups -OCH3 is 1. The molecule has 0 radical (unpaired) electrons. The van der Waals surface area contributed by atoms with Crippen LogP contribution in [0, 0.1) is 0 Å². The Morgan fingerprint density at radius 2 is 1.84 bits per heavy atom. The van der Waals surface area contributed by atoms with Crippen LogP contribution in [0.5, 0.6) is 0 Å². The molecule has 2 heterocycles. The van der Waals surface area contributed by atoms with Gasteiger partial charge in [0.1, 0.15) is 12.2 Å². The third kappa shape index (κ3) is 3.25. The normalized spacial score (nSPS) is 25.5. The molecule has 19 heavy (non-hydrogen) atoms. The molecule has 2 aliphatic heterocycles. The van der Waals surface area contributed by atoms with Gasteiger partial charge in [0.2, 0.25) is 0 Å². The van der Waals surface area contributed by atoms with Crippen molar-refractivity contribution >= 4 is 11.8 Å². The van der Waals surface area contributed by atoms with Gasteiger partial charge in [0.15, 0.2) is 0 Å². The lowest BCUT2D eigenvalue weighted by atomic mass is 10.2. The first-order valence-corrected chi connectivity index (χ1v) is 6.85. The van der Waals surface area contributed by atoms with E-state index in [1.54, 1.807) is 16.7 Å².